The average Bonchev–Trinajstić information content (AvgIpc) is 1.58. The molecule has 0 radical (unpaired) electrons. The predicted molar refractivity (Wildman–Crippen MR) is 528 cm³/mol. The first-order valence-corrected chi connectivity index (χ1v) is 42.9. The Bertz CT molecular complexity index is 7950. The highest BCUT2D eigenvalue weighted by atomic mass is 15.0. The zero-order valence-corrected chi connectivity index (χ0v) is 69.4. The van der Waals surface area contributed by atoms with E-state index in [-0.39, 0.29) is 5.41 Å². The predicted octanol–water partition coefficient (Wildman–Crippen LogP) is 33.2. The zero-order chi connectivity index (χ0) is 82.4. The molecule has 0 amide bonds. The van der Waals surface area contributed by atoms with Gasteiger partial charge in [-0.15, -0.1) is 0 Å². The minimum Gasteiger partial charge on any atom is -0.309 e. The molecular weight excluding hydrogens is 1480 g/mol. The van der Waals surface area contributed by atoms with Crippen molar-refractivity contribution in [1.29, 1.82) is 0 Å². The molecule has 0 atom stereocenters. The minimum atomic E-state index is 0.0830. The van der Waals surface area contributed by atoms with Crippen molar-refractivity contribution in [2.24, 2.45) is 0 Å². The van der Waals surface area contributed by atoms with E-state index >= 15 is 0 Å². The summed E-state index contributed by atoms with van der Waals surface area (Å²) in [6.45, 7) is 11.2. The Hall–Kier alpha value is -15.4. The number of aryl methyl sites for hydroxylation is 2. The van der Waals surface area contributed by atoms with Gasteiger partial charge in [-0.2, -0.15) is 0 Å². The van der Waals surface area contributed by atoms with Crippen LogP contribution in [0.4, 0.5) is 0 Å². The van der Waals surface area contributed by atoms with E-state index in [0.29, 0.717) is 0 Å². The van der Waals surface area contributed by atoms with Crippen molar-refractivity contribution in [2.45, 2.75) is 40.0 Å². The second-order valence-electron chi connectivity index (χ2n) is 33.8. The normalized spacial score (nSPS) is 11.8. The summed E-state index contributed by atoms with van der Waals surface area (Å²) in [5.74, 6) is 0. The fourth-order valence-corrected chi connectivity index (χ4v) is 20.0. The summed E-state index contributed by atoms with van der Waals surface area (Å²) >= 11 is 0. The molecule has 123 heavy (non-hydrogen) atoms. The van der Waals surface area contributed by atoms with E-state index in [1.165, 1.54) is 231 Å². The number of nitrogens with zero attached hydrogens (tertiary/aromatic N) is 3. The number of fused-ring (bicyclic) bond motifs is 15. The molecule has 0 aliphatic carbocycles. The second kappa shape index (κ2) is 30.4. The Balaban J connectivity index is 0.000000110. The smallest absolute Gasteiger partial charge is 0.0541 e. The van der Waals surface area contributed by atoms with Crippen molar-refractivity contribution in [2.75, 3.05) is 0 Å². The molecule has 0 spiro atoms. The standard InChI is InChI=1S/C42H33N.2C39H27N/c1-42(2,3)30-14-12-13-29(27-30)41-36-19-6-4-17-34(36)40(35-18-5-7-20-37(35)41)28-23-25-31(26-24-28)43-38-21-10-8-15-32(38)33-16-9-11-22-39(33)43;1-26-11-10-12-28(25-26)39-34-17-4-2-15-32(34)38(33-16-3-5-18-35(33)39)27-21-23-29(24-22-27)40-36-19-8-6-13-30(36)31-14-7-9-20-37(31)40;1-26-12-2-3-13-29(26)39-34-18-6-4-16-32(34)38(33-17-5-7-19-35(33)39)27-22-24-28(25-23-27)40-36-20-10-8-14-30(36)31-15-9-11-21-37(31)40/h4-27H,1-3H3;2*2-25H,1H3. The first-order valence-electron chi connectivity index (χ1n) is 42.9. The van der Waals surface area contributed by atoms with Crippen LogP contribution in [0.3, 0.4) is 0 Å². The van der Waals surface area contributed by atoms with Gasteiger partial charge in [-0.25, -0.2) is 0 Å². The highest BCUT2D eigenvalue weighted by Crippen LogP contribution is 2.50. The van der Waals surface area contributed by atoms with E-state index in [4.69, 9.17) is 0 Å². The largest absolute Gasteiger partial charge is 0.309 e. The van der Waals surface area contributed by atoms with Gasteiger partial charge in [-0.3, -0.25) is 0 Å². The molecule has 0 saturated heterocycles. The lowest BCUT2D eigenvalue weighted by atomic mass is 9.82. The summed E-state index contributed by atoms with van der Waals surface area (Å²) in [4.78, 5) is 0. The fraction of sp³-hybridized carbons (Fsp3) is 0.0500. The van der Waals surface area contributed by atoms with Crippen LogP contribution in [0.2, 0.25) is 0 Å². The van der Waals surface area contributed by atoms with E-state index in [2.05, 4.69) is 485 Å². The van der Waals surface area contributed by atoms with Crippen molar-refractivity contribution in [1.82, 2.24) is 13.7 Å². The van der Waals surface area contributed by atoms with Crippen LogP contribution in [0.15, 0.2) is 437 Å². The van der Waals surface area contributed by atoms with E-state index in [9.17, 15) is 0 Å². The van der Waals surface area contributed by atoms with Gasteiger partial charge in [0.1, 0.15) is 0 Å². The lowest BCUT2D eigenvalue weighted by Crippen LogP contribution is -2.10. The Kier molecular flexibility index (Phi) is 18.3. The Labute approximate surface area is 716 Å². The van der Waals surface area contributed by atoms with Gasteiger partial charge >= 0.3 is 0 Å². The SMILES string of the molecule is CC(C)(C)c1cccc(-c2c3ccccc3c(-c3ccc(-n4c5ccccc5c5ccccc54)cc3)c3ccccc23)c1.Cc1cccc(-c2c3ccccc3c(-c3ccc(-n4c5ccccc5c5ccccc54)cc3)c3ccccc23)c1.Cc1ccccc1-c1c2ccccc2c(-c2ccc(-n3c4ccccc4c4ccccc43)cc2)c2ccccc12. The molecule has 3 heteroatoms. The molecule has 0 unspecified atom stereocenters. The van der Waals surface area contributed by atoms with Crippen molar-refractivity contribution in [3.8, 4) is 83.8 Å². The second-order valence-corrected chi connectivity index (χ2v) is 33.8. The fourth-order valence-electron chi connectivity index (χ4n) is 20.0. The maximum atomic E-state index is 2.38. The third-order valence-corrected chi connectivity index (χ3v) is 25.5. The third-order valence-electron chi connectivity index (χ3n) is 25.5. The van der Waals surface area contributed by atoms with Crippen LogP contribution in [-0.2, 0) is 5.41 Å². The van der Waals surface area contributed by atoms with Crippen molar-refractivity contribution in [3.63, 3.8) is 0 Å². The first-order chi connectivity index (χ1) is 60.6. The van der Waals surface area contributed by atoms with Crippen LogP contribution in [0, 0.1) is 13.8 Å². The lowest BCUT2D eigenvalue weighted by Gasteiger charge is -2.22. The summed E-state index contributed by atoms with van der Waals surface area (Å²) in [5, 5.41) is 23.1. The molecule has 0 fully saturated rings. The van der Waals surface area contributed by atoms with Crippen molar-refractivity contribution < 1.29 is 0 Å². The first kappa shape index (κ1) is 73.9. The molecule has 0 N–H and O–H groups in total. The number of para-hydroxylation sites is 6. The summed E-state index contributed by atoms with van der Waals surface area (Å²) in [7, 11) is 0. The maximum Gasteiger partial charge on any atom is 0.0541 e. The summed E-state index contributed by atoms with van der Waals surface area (Å²) in [6, 6.07) is 160. The molecule has 0 aliphatic rings. The van der Waals surface area contributed by atoms with E-state index < -0.39 is 0 Å². The highest BCUT2D eigenvalue weighted by Gasteiger charge is 2.24. The summed E-state index contributed by atoms with van der Waals surface area (Å²) < 4.78 is 7.15. The summed E-state index contributed by atoms with van der Waals surface area (Å²) in [5.41, 5.74) is 30.2. The number of hydrogen-bond acceptors (Lipinski definition) is 0. The molecule has 24 aromatic rings. The van der Waals surface area contributed by atoms with Crippen LogP contribution in [0.25, 0.3) is 214 Å². The van der Waals surface area contributed by atoms with Crippen LogP contribution in [0.5, 0.6) is 0 Å². The van der Waals surface area contributed by atoms with Gasteiger partial charge in [0.2, 0.25) is 0 Å². The number of aromatic nitrogens is 3. The molecule has 582 valence electrons. The lowest BCUT2D eigenvalue weighted by molar-refractivity contribution is 0.590. The van der Waals surface area contributed by atoms with Crippen LogP contribution >= 0.6 is 0 Å². The molecule has 0 bridgehead atoms. The zero-order valence-electron chi connectivity index (χ0n) is 69.4. The van der Waals surface area contributed by atoms with E-state index in [1.54, 1.807) is 0 Å². The monoisotopic (exact) mass is 1570 g/mol. The van der Waals surface area contributed by atoms with Gasteiger partial charge in [0.05, 0.1) is 33.1 Å². The maximum absolute atomic E-state index is 2.38. The summed E-state index contributed by atoms with van der Waals surface area (Å²) in [6.07, 6.45) is 0. The molecule has 3 aromatic heterocycles. The van der Waals surface area contributed by atoms with Gasteiger partial charge in [0.15, 0.2) is 0 Å². The Morgan fingerprint density at radius 2 is 0.390 bits per heavy atom. The molecule has 3 heterocycles. The molecule has 21 aromatic carbocycles. The van der Waals surface area contributed by atoms with Crippen LogP contribution in [-0.4, -0.2) is 13.7 Å². The molecule has 3 nitrogen and oxygen atoms in total. The minimum absolute atomic E-state index is 0.0830. The molecule has 0 aliphatic heterocycles. The Morgan fingerprint density at radius 1 is 0.171 bits per heavy atom. The number of rotatable bonds is 9. The third kappa shape index (κ3) is 12.6. The molecule has 0 saturated carbocycles. The topological polar surface area (TPSA) is 14.8 Å². The number of hydrogen-bond donors (Lipinski definition) is 0. The van der Waals surface area contributed by atoms with Crippen LogP contribution < -0.4 is 0 Å². The molecular formula is C120H87N3. The molecule has 24 rings (SSSR count). The Morgan fingerprint density at radius 3 is 0.650 bits per heavy atom. The van der Waals surface area contributed by atoms with E-state index in [0.717, 1.165) is 0 Å². The van der Waals surface area contributed by atoms with E-state index in [1.807, 2.05) is 0 Å². The van der Waals surface area contributed by atoms with Gasteiger partial charge in [0.25, 0.3) is 0 Å². The van der Waals surface area contributed by atoms with Crippen molar-refractivity contribution >= 4 is 130 Å². The van der Waals surface area contributed by atoms with Gasteiger partial charge < -0.3 is 13.7 Å². The number of benzene rings is 21. The average molecular weight is 1570 g/mol. The van der Waals surface area contributed by atoms with Crippen LogP contribution in [0.1, 0.15) is 37.5 Å². The van der Waals surface area contributed by atoms with Crippen molar-refractivity contribution in [3.05, 3.63) is 453 Å². The quantitative estimate of drug-likeness (QED) is 0.128. The highest BCUT2D eigenvalue weighted by molar-refractivity contribution is 6.25. The van der Waals surface area contributed by atoms with Gasteiger partial charge in [-0.1, -0.05) is 390 Å². The van der Waals surface area contributed by atoms with Gasteiger partial charge in [0, 0.05) is 49.4 Å². The van der Waals surface area contributed by atoms with Gasteiger partial charge in [-0.05, 0) is 235 Å².